The number of fused-ring (bicyclic) bond motifs is 1. The number of benzene rings is 1. The summed E-state index contributed by atoms with van der Waals surface area (Å²) in [5.41, 5.74) is 1.69. The Balaban J connectivity index is 1.57. The molecule has 6 nitrogen and oxygen atoms in total. The monoisotopic (exact) mass is 451 g/mol. The lowest BCUT2D eigenvalue weighted by molar-refractivity contribution is 0.0330. The third-order valence-corrected chi connectivity index (χ3v) is 6.93. The van der Waals surface area contributed by atoms with E-state index in [2.05, 4.69) is 21.7 Å². The highest BCUT2D eigenvalue weighted by Gasteiger charge is 2.20. The summed E-state index contributed by atoms with van der Waals surface area (Å²) >= 11 is 3.28. The Morgan fingerprint density at radius 3 is 2.81 bits per heavy atom. The van der Waals surface area contributed by atoms with Crippen molar-refractivity contribution in [2.24, 2.45) is 0 Å². The molecule has 0 N–H and O–H groups in total. The molecule has 4 heterocycles. The maximum absolute atomic E-state index is 11.8. The van der Waals surface area contributed by atoms with Crippen LogP contribution in [0, 0.1) is 0 Å². The number of nitrogens with zero attached hydrogens (tertiary/aromatic N) is 3. The van der Waals surface area contributed by atoms with E-state index in [1.165, 1.54) is 0 Å². The molecule has 8 heteroatoms. The summed E-state index contributed by atoms with van der Waals surface area (Å²) in [5.74, 6) is 1.85. The molecule has 1 aromatic carbocycles. The number of Topliss-reactive ketones (excluding diaryl/α,β-unsaturated/α-hetero) is 1. The van der Waals surface area contributed by atoms with Crippen LogP contribution in [0.2, 0.25) is 0 Å². The fourth-order valence-corrected chi connectivity index (χ4v) is 5.33. The molecule has 1 aliphatic heterocycles. The first-order valence-electron chi connectivity index (χ1n) is 10.1. The average Bonchev–Trinajstić information content (AvgIpc) is 3.44. The van der Waals surface area contributed by atoms with Gasteiger partial charge in [0.25, 0.3) is 0 Å². The maximum Gasteiger partial charge on any atom is 0.232 e. The van der Waals surface area contributed by atoms with Crippen molar-refractivity contribution in [3.05, 3.63) is 58.5 Å². The third-order valence-electron chi connectivity index (χ3n) is 5.16. The smallest absolute Gasteiger partial charge is 0.232 e. The standard InChI is InChI=1S/C23H21N3O3S2/c1-15(27)16-4-2-5-17(12-16)29-22-21-18(19-6-3-11-30-19)14-31-23(21)25-20(24-22)13-26-7-9-28-10-8-26/h2-6,11-12,14H,7-10,13H2,1H3. The first kappa shape index (κ1) is 20.3. The van der Waals surface area contributed by atoms with E-state index < -0.39 is 0 Å². The van der Waals surface area contributed by atoms with Gasteiger partial charge in [-0.3, -0.25) is 9.69 Å². The van der Waals surface area contributed by atoms with Crippen LogP contribution < -0.4 is 4.74 Å². The molecule has 3 aromatic heterocycles. The second-order valence-corrected chi connectivity index (χ2v) is 9.13. The van der Waals surface area contributed by atoms with Gasteiger partial charge in [0.15, 0.2) is 5.78 Å². The summed E-state index contributed by atoms with van der Waals surface area (Å²) in [7, 11) is 0. The van der Waals surface area contributed by atoms with E-state index in [1.807, 2.05) is 18.2 Å². The third kappa shape index (κ3) is 4.38. The molecule has 0 saturated carbocycles. The van der Waals surface area contributed by atoms with Crippen molar-refractivity contribution in [1.82, 2.24) is 14.9 Å². The van der Waals surface area contributed by atoms with Crippen LogP contribution in [0.4, 0.5) is 0 Å². The molecule has 0 aliphatic carbocycles. The molecule has 1 fully saturated rings. The van der Waals surface area contributed by atoms with Crippen LogP contribution in [0.5, 0.6) is 11.6 Å². The molecule has 4 aromatic rings. The van der Waals surface area contributed by atoms with Gasteiger partial charge in [0.1, 0.15) is 16.4 Å². The van der Waals surface area contributed by atoms with Crippen LogP contribution in [0.15, 0.2) is 47.2 Å². The van der Waals surface area contributed by atoms with Crippen molar-refractivity contribution >= 4 is 38.7 Å². The van der Waals surface area contributed by atoms with E-state index in [9.17, 15) is 4.79 Å². The van der Waals surface area contributed by atoms with Gasteiger partial charge in [-0.1, -0.05) is 18.2 Å². The van der Waals surface area contributed by atoms with Crippen LogP contribution in [0.1, 0.15) is 23.1 Å². The molecular formula is C23H21N3O3S2. The van der Waals surface area contributed by atoms with Crippen molar-refractivity contribution in [3.63, 3.8) is 0 Å². The van der Waals surface area contributed by atoms with Crippen LogP contribution in [0.3, 0.4) is 0 Å². The summed E-state index contributed by atoms with van der Waals surface area (Å²) in [5, 5.41) is 5.08. The molecule has 1 aliphatic rings. The van der Waals surface area contributed by atoms with Crippen LogP contribution in [-0.2, 0) is 11.3 Å². The van der Waals surface area contributed by atoms with Gasteiger partial charge in [-0.05, 0) is 30.5 Å². The van der Waals surface area contributed by atoms with Crippen molar-refractivity contribution in [2.75, 3.05) is 26.3 Å². The predicted molar refractivity (Wildman–Crippen MR) is 123 cm³/mol. The number of rotatable bonds is 6. The number of ether oxygens (including phenoxy) is 2. The number of thiophene rings is 2. The van der Waals surface area contributed by atoms with Crippen molar-refractivity contribution in [1.29, 1.82) is 0 Å². The molecule has 158 valence electrons. The molecule has 1 saturated heterocycles. The minimum absolute atomic E-state index is 0.00102. The van der Waals surface area contributed by atoms with E-state index >= 15 is 0 Å². The molecule has 0 amide bonds. The van der Waals surface area contributed by atoms with Crippen molar-refractivity contribution in [2.45, 2.75) is 13.5 Å². The Morgan fingerprint density at radius 1 is 1.16 bits per heavy atom. The quantitative estimate of drug-likeness (QED) is 0.373. The summed E-state index contributed by atoms with van der Waals surface area (Å²) < 4.78 is 11.7. The normalized spacial score (nSPS) is 14.7. The number of carbonyl (C=O) groups excluding carboxylic acids is 1. The SMILES string of the molecule is CC(=O)c1cccc(Oc2nc(CN3CCOCC3)nc3scc(-c4cccs4)c23)c1. The molecule has 0 atom stereocenters. The zero-order valence-electron chi connectivity index (χ0n) is 17.0. The Labute approximate surface area is 188 Å². The Morgan fingerprint density at radius 2 is 2.03 bits per heavy atom. The molecule has 0 radical (unpaired) electrons. The number of morpholine rings is 1. The molecular weight excluding hydrogens is 430 g/mol. The van der Waals surface area contributed by atoms with E-state index in [4.69, 9.17) is 19.4 Å². The number of carbonyl (C=O) groups is 1. The topological polar surface area (TPSA) is 64.5 Å². The summed E-state index contributed by atoms with van der Waals surface area (Å²) in [4.78, 5) is 25.8. The van der Waals surface area contributed by atoms with Crippen LogP contribution >= 0.6 is 22.7 Å². The lowest BCUT2D eigenvalue weighted by atomic mass is 10.1. The van der Waals surface area contributed by atoms with Crippen molar-refractivity contribution < 1.29 is 14.3 Å². The first-order valence-corrected chi connectivity index (χ1v) is 11.8. The molecule has 0 spiro atoms. The van der Waals surface area contributed by atoms with Gasteiger partial charge in [0.2, 0.25) is 5.88 Å². The van der Waals surface area contributed by atoms with Gasteiger partial charge in [-0.15, -0.1) is 22.7 Å². The first-order chi connectivity index (χ1) is 15.2. The van der Waals surface area contributed by atoms with Gasteiger partial charge in [0.05, 0.1) is 25.1 Å². The zero-order chi connectivity index (χ0) is 21.2. The lowest BCUT2D eigenvalue weighted by Crippen LogP contribution is -2.36. The number of aromatic nitrogens is 2. The summed E-state index contributed by atoms with van der Waals surface area (Å²) in [6.07, 6.45) is 0. The van der Waals surface area contributed by atoms with Crippen molar-refractivity contribution in [3.8, 4) is 22.1 Å². The molecule has 5 rings (SSSR count). The number of ketones is 1. The fraction of sp³-hybridized carbons (Fsp3) is 0.261. The van der Waals surface area contributed by atoms with Gasteiger partial charge >= 0.3 is 0 Å². The fourth-order valence-electron chi connectivity index (χ4n) is 3.56. The van der Waals surface area contributed by atoms with Gasteiger partial charge in [-0.25, -0.2) is 4.98 Å². The second kappa shape index (κ2) is 8.84. The molecule has 0 unspecified atom stereocenters. The zero-order valence-corrected chi connectivity index (χ0v) is 18.7. The Bertz CT molecular complexity index is 1210. The van der Waals surface area contributed by atoms with Crippen LogP contribution in [-0.4, -0.2) is 47.0 Å². The van der Waals surface area contributed by atoms with E-state index in [-0.39, 0.29) is 5.78 Å². The van der Waals surface area contributed by atoms with Gasteiger partial charge < -0.3 is 9.47 Å². The average molecular weight is 452 g/mol. The van der Waals surface area contributed by atoms with Gasteiger partial charge in [0, 0.05) is 34.5 Å². The van der Waals surface area contributed by atoms with Crippen LogP contribution in [0.25, 0.3) is 20.7 Å². The summed E-state index contributed by atoms with van der Waals surface area (Å²) in [6.45, 7) is 5.38. The number of hydrogen-bond acceptors (Lipinski definition) is 8. The lowest BCUT2D eigenvalue weighted by Gasteiger charge is -2.25. The Hall–Kier alpha value is -2.65. The highest BCUT2D eigenvalue weighted by Crippen LogP contribution is 2.41. The molecule has 31 heavy (non-hydrogen) atoms. The highest BCUT2D eigenvalue weighted by molar-refractivity contribution is 7.18. The second-order valence-electron chi connectivity index (χ2n) is 7.33. The number of hydrogen-bond donors (Lipinski definition) is 0. The maximum atomic E-state index is 11.8. The van der Waals surface area contributed by atoms with E-state index in [1.54, 1.807) is 41.7 Å². The minimum atomic E-state index is 0.00102. The minimum Gasteiger partial charge on any atom is -0.438 e. The Kier molecular flexibility index (Phi) is 5.78. The summed E-state index contributed by atoms with van der Waals surface area (Å²) in [6, 6.07) is 11.3. The highest BCUT2D eigenvalue weighted by atomic mass is 32.1. The predicted octanol–water partition coefficient (Wildman–Crippen LogP) is 5.25. The van der Waals surface area contributed by atoms with Gasteiger partial charge in [-0.2, -0.15) is 4.98 Å². The molecule has 0 bridgehead atoms. The van der Waals surface area contributed by atoms with E-state index in [0.29, 0.717) is 23.7 Å². The largest absolute Gasteiger partial charge is 0.438 e. The van der Waals surface area contributed by atoms with E-state index in [0.717, 1.165) is 52.8 Å².